The molecule has 2 rings (SSSR count). The molecule has 0 radical (unpaired) electrons. The van der Waals surface area contributed by atoms with Crippen molar-refractivity contribution in [2.45, 2.75) is 110 Å². The quantitative estimate of drug-likeness (QED) is 0.241. The van der Waals surface area contributed by atoms with Crippen molar-refractivity contribution in [3.63, 3.8) is 0 Å². The minimum Gasteiger partial charge on any atom is -0.240 e. The van der Waals surface area contributed by atoms with Gasteiger partial charge in [0.15, 0.2) is 0 Å². The summed E-state index contributed by atoms with van der Waals surface area (Å²) in [4.78, 5) is 0. The molecule has 1 aromatic heterocycles. The zero-order valence-electron chi connectivity index (χ0n) is 17.1. The zero-order chi connectivity index (χ0) is 17.7. The number of nitrogens with zero attached hydrogens (tertiary/aromatic N) is 2. The van der Waals surface area contributed by atoms with Crippen molar-refractivity contribution in [3.05, 3.63) is 18.7 Å². The Bertz CT molecular complexity index is 437. The molecule has 0 unspecified atom stereocenters. The molecule has 144 valence electrons. The summed E-state index contributed by atoms with van der Waals surface area (Å²) in [5.74, 6) is 2.24. The van der Waals surface area contributed by atoms with Gasteiger partial charge in [-0.05, 0) is 31.1 Å². The molecule has 2 nitrogen and oxygen atoms in total. The van der Waals surface area contributed by atoms with Gasteiger partial charge in [-0.15, -0.1) is 0 Å². The monoisotopic (exact) mass is 347 g/mol. The van der Waals surface area contributed by atoms with E-state index < -0.39 is 0 Å². The highest BCUT2D eigenvalue weighted by molar-refractivity contribution is 4.85. The van der Waals surface area contributed by atoms with Gasteiger partial charge in [0.2, 0.25) is 6.33 Å². The first-order valence-electron chi connectivity index (χ1n) is 11.3. The van der Waals surface area contributed by atoms with E-state index in [9.17, 15) is 0 Å². The summed E-state index contributed by atoms with van der Waals surface area (Å²) in [7, 11) is 2.09. The maximum atomic E-state index is 2.30. The third-order valence-corrected chi connectivity index (χ3v) is 6.06. The Balaban J connectivity index is 1.30. The van der Waals surface area contributed by atoms with Crippen LogP contribution in [0.5, 0.6) is 0 Å². The fourth-order valence-electron chi connectivity index (χ4n) is 4.25. The predicted octanol–water partition coefficient (Wildman–Crippen LogP) is 6.43. The first-order valence-corrected chi connectivity index (χ1v) is 11.3. The van der Waals surface area contributed by atoms with E-state index in [-0.39, 0.29) is 0 Å². The summed E-state index contributed by atoms with van der Waals surface area (Å²) in [6.45, 7) is 3.49. The van der Waals surface area contributed by atoms with E-state index in [1.807, 2.05) is 0 Å². The van der Waals surface area contributed by atoms with Crippen LogP contribution in [0.3, 0.4) is 0 Å². The molecular formula is C23H43N2+. The molecule has 0 saturated heterocycles. The third-order valence-electron chi connectivity index (χ3n) is 6.06. The van der Waals surface area contributed by atoms with Gasteiger partial charge in [0.05, 0.1) is 13.6 Å². The van der Waals surface area contributed by atoms with Gasteiger partial charge in [-0.2, -0.15) is 0 Å². The van der Waals surface area contributed by atoms with Crippen LogP contribution in [0.1, 0.15) is 103 Å². The summed E-state index contributed by atoms with van der Waals surface area (Å²) < 4.78 is 4.43. The van der Waals surface area contributed by atoms with Crippen molar-refractivity contribution in [2.75, 3.05) is 0 Å². The number of rotatable bonds is 16. The largest absolute Gasteiger partial charge is 0.243 e. The van der Waals surface area contributed by atoms with Crippen molar-refractivity contribution in [3.8, 4) is 0 Å². The van der Waals surface area contributed by atoms with Crippen LogP contribution in [0, 0.1) is 11.8 Å². The molecule has 0 bridgehead atoms. The predicted molar refractivity (Wildman–Crippen MR) is 108 cm³/mol. The van der Waals surface area contributed by atoms with Gasteiger partial charge >= 0.3 is 0 Å². The van der Waals surface area contributed by atoms with E-state index in [0.717, 1.165) is 11.8 Å². The number of aromatic nitrogens is 2. The highest BCUT2D eigenvalue weighted by Gasteiger charge is 2.34. The Labute approximate surface area is 157 Å². The van der Waals surface area contributed by atoms with Crippen LogP contribution < -0.4 is 4.57 Å². The Kier molecular flexibility index (Phi) is 10.3. The fourth-order valence-corrected chi connectivity index (χ4v) is 4.25. The van der Waals surface area contributed by atoms with Crippen LogP contribution >= 0.6 is 0 Å². The minimum atomic E-state index is 1.12. The second-order valence-electron chi connectivity index (χ2n) is 8.54. The second-order valence-corrected chi connectivity index (χ2v) is 8.54. The SMILES string of the molecule is CCCCCCCC[C@H]1C[C@H]1CCCCCCCCn1cc[n+](C)c1. The average Bonchev–Trinajstić information content (AvgIpc) is 3.23. The lowest BCUT2D eigenvalue weighted by Crippen LogP contribution is -2.23. The molecule has 25 heavy (non-hydrogen) atoms. The molecule has 1 fully saturated rings. The minimum absolute atomic E-state index is 1.12. The molecule has 1 aliphatic rings. The highest BCUT2D eigenvalue weighted by Crippen LogP contribution is 2.45. The van der Waals surface area contributed by atoms with E-state index in [4.69, 9.17) is 0 Å². The molecule has 2 heteroatoms. The van der Waals surface area contributed by atoms with Gasteiger partial charge in [0, 0.05) is 0 Å². The second kappa shape index (κ2) is 12.5. The topological polar surface area (TPSA) is 8.81 Å². The number of unbranched alkanes of at least 4 members (excludes halogenated alkanes) is 10. The number of hydrogen-bond acceptors (Lipinski definition) is 0. The van der Waals surface area contributed by atoms with E-state index in [1.54, 1.807) is 6.42 Å². The lowest BCUT2D eigenvalue weighted by molar-refractivity contribution is -0.671. The molecular weight excluding hydrogens is 304 g/mol. The van der Waals surface area contributed by atoms with Crippen molar-refractivity contribution < 1.29 is 4.57 Å². The van der Waals surface area contributed by atoms with Gasteiger partial charge in [-0.25, -0.2) is 9.13 Å². The lowest BCUT2D eigenvalue weighted by atomic mass is 10.0. The van der Waals surface area contributed by atoms with E-state index >= 15 is 0 Å². The maximum Gasteiger partial charge on any atom is 0.243 e. The van der Waals surface area contributed by atoms with Crippen LogP contribution in [0.15, 0.2) is 18.7 Å². The third kappa shape index (κ3) is 9.47. The molecule has 1 aliphatic carbocycles. The average molecular weight is 348 g/mol. The molecule has 0 aromatic carbocycles. The Morgan fingerprint density at radius 2 is 1.36 bits per heavy atom. The van der Waals surface area contributed by atoms with Gasteiger partial charge in [0.25, 0.3) is 0 Å². The maximum absolute atomic E-state index is 2.30. The molecule has 0 aliphatic heterocycles. The molecule has 1 aromatic rings. The van der Waals surface area contributed by atoms with Crippen LogP contribution in [0.2, 0.25) is 0 Å². The van der Waals surface area contributed by atoms with Gasteiger partial charge < -0.3 is 0 Å². The Morgan fingerprint density at radius 1 is 0.800 bits per heavy atom. The van der Waals surface area contributed by atoms with Gasteiger partial charge in [-0.3, -0.25) is 0 Å². The van der Waals surface area contributed by atoms with Gasteiger partial charge in [-0.1, -0.05) is 84.0 Å². The van der Waals surface area contributed by atoms with E-state index in [2.05, 4.69) is 41.8 Å². The molecule has 0 amide bonds. The van der Waals surface area contributed by atoms with Crippen molar-refractivity contribution >= 4 is 0 Å². The first-order chi connectivity index (χ1) is 12.3. The summed E-state index contributed by atoms with van der Waals surface area (Å²) in [5, 5.41) is 0. The zero-order valence-corrected chi connectivity index (χ0v) is 17.1. The summed E-state index contributed by atoms with van der Waals surface area (Å²) in [6, 6.07) is 0. The molecule has 1 heterocycles. The Morgan fingerprint density at radius 3 is 1.92 bits per heavy atom. The molecule has 0 spiro atoms. The van der Waals surface area contributed by atoms with Crippen molar-refractivity contribution in [1.82, 2.24) is 4.57 Å². The number of aryl methyl sites for hydroxylation is 2. The van der Waals surface area contributed by atoms with Crippen LogP contribution in [-0.2, 0) is 13.6 Å². The van der Waals surface area contributed by atoms with Crippen LogP contribution in [0.4, 0.5) is 0 Å². The summed E-state index contributed by atoms with van der Waals surface area (Å²) >= 11 is 0. The first kappa shape index (κ1) is 20.5. The summed E-state index contributed by atoms with van der Waals surface area (Å²) in [5.41, 5.74) is 0. The Hall–Kier alpha value is -0.790. The van der Waals surface area contributed by atoms with Crippen LogP contribution in [0.25, 0.3) is 0 Å². The fraction of sp³-hybridized carbons (Fsp3) is 0.870. The van der Waals surface area contributed by atoms with Crippen LogP contribution in [-0.4, -0.2) is 4.57 Å². The molecule has 0 N–H and O–H groups in total. The highest BCUT2D eigenvalue weighted by atomic mass is 15.1. The summed E-state index contributed by atoms with van der Waals surface area (Å²) in [6.07, 6.45) is 28.4. The van der Waals surface area contributed by atoms with Gasteiger partial charge in [0.1, 0.15) is 12.4 Å². The van der Waals surface area contributed by atoms with E-state index in [0.29, 0.717) is 0 Å². The molecule has 2 atom stereocenters. The lowest BCUT2D eigenvalue weighted by Gasteiger charge is -2.03. The van der Waals surface area contributed by atoms with E-state index in [1.165, 1.54) is 96.4 Å². The number of hydrogen-bond donors (Lipinski definition) is 0. The standard InChI is InChI=1S/C23H43N2/c1-3-4-5-6-9-12-15-22-20-23(22)16-13-10-7-8-11-14-17-25-19-18-24(2)21-25/h18-19,21-23H,3-17,20H2,1-2H3/q+1/t22-,23+/m0/s1. The normalized spacial score (nSPS) is 19.4. The van der Waals surface area contributed by atoms with Crippen molar-refractivity contribution in [2.24, 2.45) is 18.9 Å². The number of imidazole rings is 1. The molecule has 1 saturated carbocycles. The smallest absolute Gasteiger partial charge is 0.240 e. The van der Waals surface area contributed by atoms with Crippen molar-refractivity contribution in [1.29, 1.82) is 0 Å².